The van der Waals surface area contributed by atoms with E-state index >= 15 is 0 Å². The van der Waals surface area contributed by atoms with Crippen molar-refractivity contribution in [1.29, 1.82) is 5.26 Å². The third-order valence-electron chi connectivity index (χ3n) is 3.68. The number of nitrogens with zero attached hydrogens (tertiary/aromatic N) is 2. The molecule has 1 aliphatic heterocycles. The number of methoxy groups -OCH3 is 1. The second-order valence-electron chi connectivity index (χ2n) is 6.76. The van der Waals surface area contributed by atoms with E-state index in [4.69, 9.17) is 19.5 Å². The molecule has 0 N–H and O–H groups in total. The summed E-state index contributed by atoms with van der Waals surface area (Å²) in [4.78, 5) is 13.8. The molecule has 1 saturated heterocycles. The normalized spacial score (nSPS) is 15.5. The van der Waals surface area contributed by atoms with Crippen molar-refractivity contribution < 1.29 is 19.0 Å². The van der Waals surface area contributed by atoms with Crippen LogP contribution in [0.25, 0.3) is 0 Å². The number of carbonyl (C=O) groups excluding carboxylic acids is 1. The lowest BCUT2D eigenvalue weighted by Crippen LogP contribution is -2.44. The minimum Gasteiger partial charge on any atom is -0.493 e. The van der Waals surface area contributed by atoms with E-state index < -0.39 is 5.60 Å². The topological polar surface area (TPSA) is 71.8 Å². The molecule has 24 heavy (non-hydrogen) atoms. The minimum absolute atomic E-state index is 0.0217. The highest BCUT2D eigenvalue weighted by molar-refractivity contribution is 5.68. The molecule has 0 spiro atoms. The van der Waals surface area contributed by atoms with Gasteiger partial charge in [-0.05, 0) is 32.9 Å². The molecule has 0 aliphatic carbocycles. The van der Waals surface area contributed by atoms with Crippen LogP contribution in [-0.4, -0.2) is 42.9 Å². The number of rotatable bonds is 3. The second kappa shape index (κ2) is 7.43. The van der Waals surface area contributed by atoms with Gasteiger partial charge in [-0.1, -0.05) is 0 Å². The van der Waals surface area contributed by atoms with Crippen molar-refractivity contribution >= 4 is 6.09 Å². The first-order chi connectivity index (χ1) is 11.3. The van der Waals surface area contributed by atoms with E-state index in [0.29, 0.717) is 43.0 Å². The molecule has 1 heterocycles. The summed E-state index contributed by atoms with van der Waals surface area (Å²) in [6, 6.07) is 7.19. The van der Waals surface area contributed by atoms with Crippen molar-refractivity contribution in [2.45, 2.75) is 45.3 Å². The van der Waals surface area contributed by atoms with Crippen LogP contribution in [0, 0.1) is 11.3 Å². The lowest BCUT2D eigenvalue weighted by atomic mass is 10.1. The lowest BCUT2D eigenvalue weighted by molar-refractivity contribution is 0.0124. The molecule has 130 valence electrons. The average molecular weight is 332 g/mol. The van der Waals surface area contributed by atoms with Crippen molar-refractivity contribution in [2.24, 2.45) is 0 Å². The number of nitriles is 1. The Kier molecular flexibility index (Phi) is 5.55. The molecule has 0 aromatic heterocycles. The van der Waals surface area contributed by atoms with Crippen molar-refractivity contribution in [3.63, 3.8) is 0 Å². The maximum atomic E-state index is 12.1. The van der Waals surface area contributed by atoms with Crippen LogP contribution in [0.2, 0.25) is 0 Å². The Balaban J connectivity index is 1.94. The monoisotopic (exact) mass is 332 g/mol. The number of ether oxygens (including phenoxy) is 3. The molecular weight excluding hydrogens is 308 g/mol. The van der Waals surface area contributed by atoms with Crippen molar-refractivity contribution in [2.75, 3.05) is 20.2 Å². The smallest absolute Gasteiger partial charge is 0.410 e. The fourth-order valence-electron chi connectivity index (χ4n) is 2.50. The van der Waals surface area contributed by atoms with E-state index in [1.54, 1.807) is 30.2 Å². The molecular formula is C18H24N2O4. The molecule has 2 rings (SSSR count). The van der Waals surface area contributed by atoms with Crippen LogP contribution in [0.15, 0.2) is 18.2 Å². The number of piperidine rings is 1. The Labute approximate surface area is 142 Å². The summed E-state index contributed by atoms with van der Waals surface area (Å²) < 4.78 is 16.7. The zero-order valence-corrected chi connectivity index (χ0v) is 14.7. The summed E-state index contributed by atoms with van der Waals surface area (Å²) in [5, 5.41) is 9.02. The minimum atomic E-state index is -0.491. The Morgan fingerprint density at radius 2 is 1.92 bits per heavy atom. The van der Waals surface area contributed by atoms with Gasteiger partial charge in [0, 0.05) is 32.0 Å². The molecule has 0 saturated carbocycles. The number of benzene rings is 1. The fraction of sp³-hybridized carbons (Fsp3) is 0.556. The quantitative estimate of drug-likeness (QED) is 0.849. The van der Waals surface area contributed by atoms with Crippen LogP contribution in [-0.2, 0) is 4.74 Å². The van der Waals surface area contributed by atoms with Crippen molar-refractivity contribution in [3.05, 3.63) is 23.8 Å². The van der Waals surface area contributed by atoms with Gasteiger partial charge >= 0.3 is 6.09 Å². The third kappa shape index (κ3) is 4.79. The van der Waals surface area contributed by atoms with Gasteiger partial charge in [0.25, 0.3) is 0 Å². The summed E-state index contributed by atoms with van der Waals surface area (Å²) in [6.45, 7) is 6.74. The first kappa shape index (κ1) is 17.9. The molecule has 0 atom stereocenters. The van der Waals surface area contributed by atoms with Gasteiger partial charge in [-0.25, -0.2) is 4.79 Å². The summed E-state index contributed by atoms with van der Waals surface area (Å²) in [6.07, 6.45) is 1.11. The van der Waals surface area contributed by atoms with Crippen LogP contribution in [0.4, 0.5) is 4.79 Å². The van der Waals surface area contributed by atoms with E-state index in [1.807, 2.05) is 20.8 Å². The van der Waals surface area contributed by atoms with Crippen LogP contribution in [0.3, 0.4) is 0 Å². The first-order valence-electron chi connectivity index (χ1n) is 8.05. The van der Waals surface area contributed by atoms with E-state index in [-0.39, 0.29) is 12.2 Å². The Morgan fingerprint density at radius 1 is 1.25 bits per heavy atom. The maximum absolute atomic E-state index is 12.1. The van der Waals surface area contributed by atoms with Gasteiger partial charge in [0.15, 0.2) is 11.5 Å². The summed E-state index contributed by atoms with van der Waals surface area (Å²) in [7, 11) is 1.57. The zero-order valence-electron chi connectivity index (χ0n) is 14.7. The number of hydrogen-bond donors (Lipinski definition) is 0. The summed E-state index contributed by atoms with van der Waals surface area (Å²) in [5.74, 6) is 1.16. The van der Waals surface area contributed by atoms with Crippen LogP contribution < -0.4 is 9.47 Å². The predicted molar refractivity (Wildman–Crippen MR) is 89.2 cm³/mol. The Morgan fingerprint density at radius 3 is 2.46 bits per heavy atom. The molecule has 1 aromatic carbocycles. The van der Waals surface area contributed by atoms with Gasteiger partial charge in [0.1, 0.15) is 11.7 Å². The molecule has 1 amide bonds. The lowest BCUT2D eigenvalue weighted by Gasteiger charge is -2.33. The van der Waals surface area contributed by atoms with E-state index in [0.717, 1.165) is 0 Å². The number of amides is 1. The van der Waals surface area contributed by atoms with Gasteiger partial charge in [0.2, 0.25) is 0 Å². The van der Waals surface area contributed by atoms with Crippen LogP contribution >= 0.6 is 0 Å². The summed E-state index contributed by atoms with van der Waals surface area (Å²) >= 11 is 0. The third-order valence-corrected chi connectivity index (χ3v) is 3.68. The van der Waals surface area contributed by atoms with E-state index in [9.17, 15) is 4.79 Å². The van der Waals surface area contributed by atoms with Crippen molar-refractivity contribution in [1.82, 2.24) is 4.90 Å². The number of hydrogen-bond acceptors (Lipinski definition) is 5. The molecule has 6 heteroatoms. The van der Waals surface area contributed by atoms with Gasteiger partial charge in [0.05, 0.1) is 18.7 Å². The number of carbonyl (C=O) groups is 1. The highest BCUT2D eigenvalue weighted by atomic mass is 16.6. The molecule has 0 unspecified atom stereocenters. The van der Waals surface area contributed by atoms with Gasteiger partial charge < -0.3 is 19.1 Å². The van der Waals surface area contributed by atoms with Crippen molar-refractivity contribution in [3.8, 4) is 17.6 Å². The molecule has 0 radical (unpaired) electrons. The second-order valence-corrected chi connectivity index (χ2v) is 6.76. The largest absolute Gasteiger partial charge is 0.493 e. The maximum Gasteiger partial charge on any atom is 0.410 e. The van der Waals surface area contributed by atoms with Gasteiger partial charge in [-0.3, -0.25) is 0 Å². The molecule has 1 fully saturated rings. The van der Waals surface area contributed by atoms with E-state index in [2.05, 4.69) is 6.07 Å². The summed E-state index contributed by atoms with van der Waals surface area (Å²) in [5.41, 5.74) is 0.0344. The number of likely N-dealkylation sites (tertiary alicyclic amines) is 1. The average Bonchev–Trinajstić information content (AvgIpc) is 2.53. The molecule has 6 nitrogen and oxygen atoms in total. The highest BCUT2D eigenvalue weighted by Crippen LogP contribution is 2.30. The molecule has 0 bridgehead atoms. The Hall–Kier alpha value is -2.42. The van der Waals surface area contributed by atoms with Crippen LogP contribution in [0.5, 0.6) is 11.5 Å². The molecule has 1 aromatic rings. The predicted octanol–water partition coefficient (Wildman–Crippen LogP) is 3.35. The highest BCUT2D eigenvalue weighted by Gasteiger charge is 2.28. The first-order valence-corrected chi connectivity index (χ1v) is 8.05. The van der Waals surface area contributed by atoms with E-state index in [1.165, 1.54) is 0 Å². The Bertz CT molecular complexity index is 623. The van der Waals surface area contributed by atoms with Crippen LogP contribution in [0.1, 0.15) is 39.2 Å². The molecule has 1 aliphatic rings. The standard InChI is InChI=1S/C18H24N2O4/c1-18(2,3)24-17(21)20-9-7-14(8-10-20)23-16-11-13(12-19)5-6-15(16)22-4/h5-6,11,14H,7-10H2,1-4H3. The zero-order chi connectivity index (χ0) is 17.7. The van der Waals surface area contributed by atoms with Gasteiger partial charge in [-0.2, -0.15) is 5.26 Å². The van der Waals surface area contributed by atoms with Gasteiger partial charge in [-0.15, -0.1) is 0 Å². The fourth-order valence-corrected chi connectivity index (χ4v) is 2.50. The SMILES string of the molecule is COc1ccc(C#N)cc1OC1CCN(C(=O)OC(C)(C)C)CC1.